The Morgan fingerprint density at radius 1 is 1.00 bits per heavy atom. The first-order chi connectivity index (χ1) is 11.1. The van der Waals surface area contributed by atoms with Crippen molar-refractivity contribution in [3.05, 3.63) is 65.2 Å². The minimum Gasteiger partial charge on any atom is -0.494 e. The summed E-state index contributed by atoms with van der Waals surface area (Å²) in [5.74, 6) is 0.511. The number of hydrazone groups is 1. The molecule has 0 bridgehead atoms. The number of ether oxygens (including phenoxy) is 1. The number of carbonyl (C=O) groups excluding carboxylic acids is 1. The molecule has 0 aliphatic heterocycles. The third kappa shape index (κ3) is 4.68. The molecule has 0 aromatic heterocycles. The van der Waals surface area contributed by atoms with Crippen molar-refractivity contribution in [2.24, 2.45) is 5.10 Å². The van der Waals surface area contributed by atoms with Crippen LogP contribution in [0.2, 0.25) is 0 Å². The molecule has 0 saturated heterocycles. The Labute approximate surface area is 137 Å². The highest BCUT2D eigenvalue weighted by molar-refractivity contribution is 6.00. The van der Waals surface area contributed by atoms with Crippen LogP contribution in [0.3, 0.4) is 0 Å². The van der Waals surface area contributed by atoms with Crippen molar-refractivity contribution in [3.63, 3.8) is 0 Å². The maximum atomic E-state index is 12.1. The summed E-state index contributed by atoms with van der Waals surface area (Å²) in [7, 11) is 0. The Hall–Kier alpha value is -2.62. The normalized spacial score (nSPS) is 11.2. The quantitative estimate of drug-likeness (QED) is 0.651. The second-order valence-corrected chi connectivity index (χ2v) is 5.15. The number of benzene rings is 2. The maximum Gasteiger partial charge on any atom is 0.271 e. The second kappa shape index (κ2) is 8.13. The van der Waals surface area contributed by atoms with Gasteiger partial charge in [-0.25, -0.2) is 5.43 Å². The van der Waals surface area contributed by atoms with Crippen molar-refractivity contribution in [1.29, 1.82) is 0 Å². The molecule has 0 heterocycles. The number of amides is 1. The Morgan fingerprint density at radius 3 is 2.17 bits per heavy atom. The highest BCUT2D eigenvalue weighted by Crippen LogP contribution is 2.12. The van der Waals surface area contributed by atoms with Gasteiger partial charge in [0, 0.05) is 5.56 Å². The lowest BCUT2D eigenvalue weighted by Gasteiger charge is -2.05. The minimum atomic E-state index is -0.238. The number of aryl methyl sites for hydroxylation is 1. The summed E-state index contributed by atoms with van der Waals surface area (Å²) >= 11 is 0. The van der Waals surface area contributed by atoms with Gasteiger partial charge in [-0.05, 0) is 55.7 Å². The van der Waals surface area contributed by atoms with Crippen molar-refractivity contribution in [2.45, 2.75) is 27.2 Å². The summed E-state index contributed by atoms with van der Waals surface area (Å²) < 4.78 is 5.36. The average Bonchev–Trinajstić information content (AvgIpc) is 2.60. The molecule has 2 rings (SSSR count). The van der Waals surface area contributed by atoms with Gasteiger partial charge in [0.15, 0.2) is 0 Å². The number of nitrogens with one attached hydrogen (secondary N) is 1. The van der Waals surface area contributed by atoms with E-state index < -0.39 is 0 Å². The van der Waals surface area contributed by atoms with Gasteiger partial charge in [0.25, 0.3) is 5.91 Å². The van der Waals surface area contributed by atoms with E-state index in [1.807, 2.05) is 26.0 Å². The fraction of sp³-hybridized carbons (Fsp3) is 0.263. The molecule has 120 valence electrons. The molecule has 0 saturated carbocycles. The molecule has 4 nitrogen and oxygen atoms in total. The molecule has 0 radical (unpaired) electrons. The minimum absolute atomic E-state index is 0.238. The lowest BCUT2D eigenvalue weighted by Crippen LogP contribution is -2.19. The van der Waals surface area contributed by atoms with E-state index in [2.05, 4.69) is 29.6 Å². The molecule has 0 aliphatic rings. The largest absolute Gasteiger partial charge is 0.494 e. The van der Waals surface area contributed by atoms with Crippen molar-refractivity contribution < 1.29 is 9.53 Å². The number of rotatable bonds is 6. The molecule has 23 heavy (non-hydrogen) atoms. The predicted octanol–water partition coefficient (Wildman–Crippen LogP) is 3.80. The van der Waals surface area contributed by atoms with E-state index in [4.69, 9.17) is 4.74 Å². The smallest absolute Gasteiger partial charge is 0.271 e. The fourth-order valence-electron chi connectivity index (χ4n) is 2.11. The summed E-state index contributed by atoms with van der Waals surface area (Å²) in [6.45, 7) is 6.52. The van der Waals surface area contributed by atoms with Crippen LogP contribution in [0.4, 0.5) is 0 Å². The standard InChI is InChI=1S/C19H22N2O2/c1-4-15-6-8-16(9-7-15)14(3)20-21-19(22)17-10-12-18(13-11-17)23-5-2/h6-13H,4-5H2,1-3H3,(H,21,22)/b20-14-. The first kappa shape index (κ1) is 16.7. The van der Waals surface area contributed by atoms with Crippen LogP contribution in [-0.2, 0) is 6.42 Å². The second-order valence-electron chi connectivity index (χ2n) is 5.15. The molecule has 0 aliphatic carbocycles. The van der Waals surface area contributed by atoms with Crippen LogP contribution < -0.4 is 10.2 Å². The first-order valence-corrected chi connectivity index (χ1v) is 7.80. The Morgan fingerprint density at radius 2 is 1.61 bits per heavy atom. The van der Waals surface area contributed by atoms with Gasteiger partial charge in [-0.3, -0.25) is 4.79 Å². The topological polar surface area (TPSA) is 50.7 Å². The average molecular weight is 310 g/mol. The van der Waals surface area contributed by atoms with E-state index in [0.29, 0.717) is 12.2 Å². The molecule has 0 atom stereocenters. The van der Waals surface area contributed by atoms with Gasteiger partial charge < -0.3 is 4.74 Å². The van der Waals surface area contributed by atoms with Crippen molar-refractivity contribution >= 4 is 11.6 Å². The van der Waals surface area contributed by atoms with E-state index in [1.165, 1.54) is 5.56 Å². The molecule has 1 amide bonds. The number of hydrogen-bond donors (Lipinski definition) is 1. The van der Waals surface area contributed by atoms with E-state index in [9.17, 15) is 4.79 Å². The van der Waals surface area contributed by atoms with E-state index in [0.717, 1.165) is 23.4 Å². The highest BCUT2D eigenvalue weighted by atomic mass is 16.5. The van der Waals surface area contributed by atoms with Gasteiger partial charge >= 0.3 is 0 Å². The molecule has 0 spiro atoms. The van der Waals surface area contributed by atoms with Gasteiger partial charge in [0.05, 0.1) is 12.3 Å². The van der Waals surface area contributed by atoms with Crippen LogP contribution in [0, 0.1) is 0 Å². The Balaban J connectivity index is 2.01. The van der Waals surface area contributed by atoms with Crippen LogP contribution in [0.15, 0.2) is 53.6 Å². The van der Waals surface area contributed by atoms with Gasteiger partial charge in [-0.15, -0.1) is 0 Å². The zero-order chi connectivity index (χ0) is 16.7. The summed E-state index contributed by atoms with van der Waals surface area (Å²) in [6.07, 6.45) is 1.00. The molecule has 4 heteroatoms. The monoisotopic (exact) mass is 310 g/mol. The Bertz CT molecular complexity index is 674. The fourth-order valence-corrected chi connectivity index (χ4v) is 2.11. The van der Waals surface area contributed by atoms with E-state index in [-0.39, 0.29) is 5.91 Å². The SMILES string of the molecule is CCOc1ccc(C(=O)N/N=C(/C)c2ccc(CC)cc2)cc1. The lowest BCUT2D eigenvalue weighted by molar-refractivity contribution is 0.0955. The van der Waals surface area contributed by atoms with Gasteiger partial charge in [-0.2, -0.15) is 5.10 Å². The third-order valence-electron chi connectivity index (χ3n) is 3.53. The predicted molar refractivity (Wildman–Crippen MR) is 93.1 cm³/mol. The van der Waals surface area contributed by atoms with Crippen LogP contribution in [-0.4, -0.2) is 18.2 Å². The van der Waals surface area contributed by atoms with Crippen LogP contribution in [0.5, 0.6) is 5.75 Å². The molecule has 2 aromatic rings. The zero-order valence-electron chi connectivity index (χ0n) is 13.8. The van der Waals surface area contributed by atoms with Gasteiger partial charge in [-0.1, -0.05) is 31.2 Å². The molecule has 0 fully saturated rings. The number of nitrogens with zero attached hydrogens (tertiary/aromatic N) is 1. The van der Waals surface area contributed by atoms with Crippen molar-refractivity contribution in [3.8, 4) is 5.75 Å². The van der Waals surface area contributed by atoms with Crippen LogP contribution in [0.1, 0.15) is 42.3 Å². The van der Waals surface area contributed by atoms with E-state index in [1.54, 1.807) is 24.3 Å². The number of hydrogen-bond acceptors (Lipinski definition) is 3. The van der Waals surface area contributed by atoms with Gasteiger partial charge in [0.1, 0.15) is 5.75 Å². The summed E-state index contributed by atoms with van der Waals surface area (Å²) in [6, 6.07) is 15.2. The zero-order valence-corrected chi connectivity index (χ0v) is 13.8. The summed E-state index contributed by atoms with van der Waals surface area (Å²) in [4.78, 5) is 12.1. The van der Waals surface area contributed by atoms with Gasteiger partial charge in [0.2, 0.25) is 0 Å². The molecule has 2 aromatic carbocycles. The molecular formula is C19H22N2O2. The summed E-state index contributed by atoms with van der Waals surface area (Å²) in [5, 5.41) is 4.17. The number of carbonyl (C=O) groups is 1. The molecular weight excluding hydrogens is 288 g/mol. The Kier molecular flexibility index (Phi) is 5.92. The maximum absolute atomic E-state index is 12.1. The highest BCUT2D eigenvalue weighted by Gasteiger charge is 2.05. The molecule has 0 unspecified atom stereocenters. The van der Waals surface area contributed by atoms with Crippen LogP contribution in [0.25, 0.3) is 0 Å². The van der Waals surface area contributed by atoms with Crippen molar-refractivity contribution in [2.75, 3.05) is 6.61 Å². The third-order valence-corrected chi connectivity index (χ3v) is 3.53. The molecule has 1 N–H and O–H groups in total. The van der Waals surface area contributed by atoms with Crippen molar-refractivity contribution in [1.82, 2.24) is 5.43 Å². The lowest BCUT2D eigenvalue weighted by atomic mass is 10.1. The van der Waals surface area contributed by atoms with Crippen LogP contribution >= 0.6 is 0 Å². The first-order valence-electron chi connectivity index (χ1n) is 7.80. The van der Waals surface area contributed by atoms with E-state index >= 15 is 0 Å². The summed E-state index contributed by atoms with van der Waals surface area (Å²) in [5.41, 5.74) is 6.18.